The quantitative estimate of drug-likeness (QED) is 0.527. The lowest BCUT2D eigenvalue weighted by Gasteiger charge is -2.19. The van der Waals surface area contributed by atoms with Crippen LogP contribution in [0.15, 0.2) is 47.4 Å². The first-order chi connectivity index (χ1) is 15.2. The largest absolute Gasteiger partial charge is 0.482 e. The van der Waals surface area contributed by atoms with Crippen molar-refractivity contribution in [2.45, 2.75) is 18.7 Å². The molecule has 0 heterocycles. The first kappa shape index (κ1) is 25.6. The highest BCUT2D eigenvalue weighted by Crippen LogP contribution is 2.28. The number of rotatable bonds is 11. The summed E-state index contributed by atoms with van der Waals surface area (Å²) >= 11 is 6.22. The number of likely N-dealkylation sites (N-methyl/N-ethyl adjacent to an activating group) is 1. The standard InChI is InChI=1S/C22H27ClN2O6S/c1-4-25(5-2)21(26)15-31-20-11-8-17(14-19(20)23)24-22(27)16-6-9-18(10-7-16)32(28,29)13-12-30-3/h6-11,14H,4-5,12-13,15H2,1-3H3,(H,24,27). The Morgan fingerprint density at radius 2 is 1.72 bits per heavy atom. The van der Waals surface area contributed by atoms with Crippen molar-refractivity contribution in [3.05, 3.63) is 53.1 Å². The van der Waals surface area contributed by atoms with Gasteiger partial charge in [0, 0.05) is 31.5 Å². The number of benzene rings is 2. The van der Waals surface area contributed by atoms with Crippen molar-refractivity contribution in [2.75, 3.05) is 44.5 Å². The predicted molar refractivity (Wildman–Crippen MR) is 123 cm³/mol. The maximum Gasteiger partial charge on any atom is 0.260 e. The van der Waals surface area contributed by atoms with E-state index < -0.39 is 15.7 Å². The highest BCUT2D eigenvalue weighted by atomic mass is 35.5. The summed E-state index contributed by atoms with van der Waals surface area (Å²) in [5.41, 5.74) is 0.719. The molecule has 0 aromatic heterocycles. The number of carbonyl (C=O) groups is 2. The fourth-order valence-corrected chi connectivity index (χ4v) is 4.24. The van der Waals surface area contributed by atoms with Gasteiger partial charge >= 0.3 is 0 Å². The van der Waals surface area contributed by atoms with Crippen molar-refractivity contribution in [1.29, 1.82) is 0 Å². The monoisotopic (exact) mass is 482 g/mol. The van der Waals surface area contributed by atoms with Gasteiger partial charge in [0.15, 0.2) is 16.4 Å². The molecule has 0 aliphatic heterocycles. The third kappa shape index (κ3) is 6.94. The van der Waals surface area contributed by atoms with Crippen LogP contribution in [0.5, 0.6) is 5.75 Å². The Balaban J connectivity index is 2.01. The van der Waals surface area contributed by atoms with Crippen molar-refractivity contribution >= 4 is 38.9 Å². The molecule has 8 nitrogen and oxygen atoms in total. The Morgan fingerprint density at radius 3 is 2.28 bits per heavy atom. The van der Waals surface area contributed by atoms with Crippen molar-refractivity contribution in [3.63, 3.8) is 0 Å². The molecule has 0 aliphatic rings. The lowest BCUT2D eigenvalue weighted by Crippen LogP contribution is -2.34. The molecule has 0 bridgehead atoms. The van der Waals surface area contributed by atoms with Crippen LogP contribution in [0.25, 0.3) is 0 Å². The maximum atomic E-state index is 12.5. The van der Waals surface area contributed by atoms with Crippen LogP contribution in [0.4, 0.5) is 5.69 Å². The van der Waals surface area contributed by atoms with Gasteiger partial charge in [0.2, 0.25) is 0 Å². The first-order valence-electron chi connectivity index (χ1n) is 10.0. The number of sulfone groups is 1. The summed E-state index contributed by atoms with van der Waals surface area (Å²) < 4.78 is 34.6. The summed E-state index contributed by atoms with van der Waals surface area (Å²) in [6.07, 6.45) is 0. The number of nitrogens with one attached hydrogen (secondary N) is 1. The maximum absolute atomic E-state index is 12.5. The van der Waals surface area contributed by atoms with Gasteiger partial charge in [-0.05, 0) is 56.3 Å². The molecule has 0 saturated carbocycles. The van der Waals surface area contributed by atoms with Crippen molar-refractivity contribution in [1.82, 2.24) is 4.90 Å². The summed E-state index contributed by atoms with van der Waals surface area (Å²) in [6, 6.07) is 10.3. The smallest absolute Gasteiger partial charge is 0.260 e. The van der Waals surface area contributed by atoms with Crippen LogP contribution in [0.1, 0.15) is 24.2 Å². The number of anilines is 1. The van der Waals surface area contributed by atoms with E-state index in [-0.39, 0.29) is 40.4 Å². The van der Waals surface area contributed by atoms with E-state index in [1.165, 1.54) is 37.4 Å². The number of carbonyl (C=O) groups excluding carboxylic acids is 2. The molecule has 2 aromatic carbocycles. The van der Waals surface area contributed by atoms with Gasteiger partial charge < -0.3 is 19.7 Å². The van der Waals surface area contributed by atoms with Crippen LogP contribution in [-0.4, -0.2) is 64.3 Å². The molecule has 10 heteroatoms. The van der Waals surface area contributed by atoms with E-state index >= 15 is 0 Å². The molecule has 174 valence electrons. The number of ether oxygens (including phenoxy) is 2. The van der Waals surface area contributed by atoms with E-state index in [4.69, 9.17) is 21.1 Å². The minimum absolute atomic E-state index is 0.0919. The number of halogens is 1. The molecule has 0 saturated heterocycles. The predicted octanol–water partition coefficient (Wildman–Crippen LogP) is 3.26. The van der Waals surface area contributed by atoms with E-state index in [0.29, 0.717) is 24.5 Å². The Kier molecular flexibility index (Phi) is 9.49. The Morgan fingerprint density at radius 1 is 1.06 bits per heavy atom. The average Bonchev–Trinajstić information content (AvgIpc) is 2.78. The van der Waals surface area contributed by atoms with Crippen LogP contribution >= 0.6 is 11.6 Å². The van der Waals surface area contributed by atoms with E-state index in [2.05, 4.69) is 5.32 Å². The van der Waals surface area contributed by atoms with Gasteiger partial charge in [-0.2, -0.15) is 0 Å². The Labute approximate surface area is 193 Å². The summed E-state index contributed by atoms with van der Waals surface area (Å²) in [6.45, 7) is 4.93. The third-order valence-corrected chi connectivity index (χ3v) is 6.68. The van der Waals surface area contributed by atoms with Gasteiger partial charge in [-0.25, -0.2) is 8.42 Å². The Bertz CT molecular complexity index is 1040. The molecule has 0 atom stereocenters. The van der Waals surface area contributed by atoms with Crippen LogP contribution in [0, 0.1) is 0 Å². The number of amides is 2. The van der Waals surface area contributed by atoms with Crippen molar-refractivity contribution in [2.24, 2.45) is 0 Å². The van der Waals surface area contributed by atoms with Crippen LogP contribution in [0.2, 0.25) is 5.02 Å². The second-order valence-electron chi connectivity index (χ2n) is 6.79. The number of hydrogen-bond donors (Lipinski definition) is 1. The van der Waals surface area contributed by atoms with Gasteiger partial charge in [0.25, 0.3) is 11.8 Å². The third-order valence-electron chi connectivity index (χ3n) is 4.69. The zero-order valence-electron chi connectivity index (χ0n) is 18.3. The zero-order valence-corrected chi connectivity index (χ0v) is 19.8. The lowest BCUT2D eigenvalue weighted by atomic mass is 10.2. The normalized spacial score (nSPS) is 11.1. The van der Waals surface area contributed by atoms with E-state index in [0.717, 1.165) is 0 Å². The van der Waals surface area contributed by atoms with Gasteiger partial charge in [0.1, 0.15) is 5.75 Å². The number of nitrogens with zero attached hydrogens (tertiary/aromatic N) is 1. The molecule has 2 rings (SSSR count). The zero-order chi connectivity index (χ0) is 23.7. The fraction of sp³-hybridized carbons (Fsp3) is 0.364. The first-order valence-corrected chi connectivity index (χ1v) is 12.1. The minimum atomic E-state index is -3.47. The summed E-state index contributed by atoms with van der Waals surface area (Å²) in [4.78, 5) is 26.3. The molecule has 2 aromatic rings. The number of methoxy groups -OCH3 is 1. The lowest BCUT2D eigenvalue weighted by molar-refractivity contribution is -0.132. The molecule has 0 aliphatic carbocycles. The average molecular weight is 483 g/mol. The molecule has 0 fully saturated rings. The fourth-order valence-electron chi connectivity index (χ4n) is 2.83. The second-order valence-corrected chi connectivity index (χ2v) is 9.31. The van der Waals surface area contributed by atoms with Crippen LogP contribution in [-0.2, 0) is 19.4 Å². The van der Waals surface area contributed by atoms with Gasteiger partial charge in [0.05, 0.1) is 22.3 Å². The highest BCUT2D eigenvalue weighted by Gasteiger charge is 2.16. The minimum Gasteiger partial charge on any atom is -0.482 e. The van der Waals surface area contributed by atoms with Gasteiger partial charge in [-0.3, -0.25) is 9.59 Å². The topological polar surface area (TPSA) is 102 Å². The summed E-state index contributed by atoms with van der Waals surface area (Å²) in [7, 11) is -2.04. The Hall–Kier alpha value is -2.62. The number of hydrogen-bond acceptors (Lipinski definition) is 6. The molecule has 0 radical (unpaired) electrons. The van der Waals surface area contributed by atoms with E-state index in [9.17, 15) is 18.0 Å². The molecule has 32 heavy (non-hydrogen) atoms. The highest BCUT2D eigenvalue weighted by molar-refractivity contribution is 7.91. The molecule has 0 spiro atoms. The van der Waals surface area contributed by atoms with Crippen molar-refractivity contribution in [3.8, 4) is 5.75 Å². The van der Waals surface area contributed by atoms with Gasteiger partial charge in [-0.1, -0.05) is 11.6 Å². The van der Waals surface area contributed by atoms with E-state index in [1.54, 1.807) is 17.0 Å². The molecule has 0 unspecified atom stereocenters. The van der Waals surface area contributed by atoms with Gasteiger partial charge in [-0.15, -0.1) is 0 Å². The van der Waals surface area contributed by atoms with Crippen molar-refractivity contribution < 1.29 is 27.5 Å². The molecular weight excluding hydrogens is 456 g/mol. The molecule has 1 N–H and O–H groups in total. The van der Waals surface area contributed by atoms with Crippen LogP contribution < -0.4 is 10.1 Å². The van der Waals surface area contributed by atoms with E-state index in [1.807, 2.05) is 13.8 Å². The SMILES string of the molecule is CCN(CC)C(=O)COc1ccc(NC(=O)c2ccc(S(=O)(=O)CCOC)cc2)cc1Cl. The summed E-state index contributed by atoms with van der Waals surface area (Å²) in [5, 5.41) is 2.94. The molecular formula is C22H27ClN2O6S. The molecule has 2 amide bonds. The second kappa shape index (κ2) is 11.8. The van der Waals surface area contributed by atoms with Crippen LogP contribution in [0.3, 0.4) is 0 Å². The summed E-state index contributed by atoms with van der Waals surface area (Å²) in [5.74, 6) is -0.373.